The van der Waals surface area contributed by atoms with E-state index in [1.807, 2.05) is 0 Å². The van der Waals surface area contributed by atoms with Gasteiger partial charge in [-0.2, -0.15) is 0 Å². The first-order chi connectivity index (χ1) is 10.0. The standard InChI is InChI=1S/C17H35N3O/c1-14(2)10-18-11-16-7-8-17(21-16)13-20(4)15-6-5-9-19(3)12-15/h14-18H,5-13H2,1-4H3. The first-order valence-corrected chi connectivity index (χ1v) is 8.79. The summed E-state index contributed by atoms with van der Waals surface area (Å²) < 4.78 is 6.21. The van der Waals surface area contributed by atoms with Crippen LogP contribution in [0.15, 0.2) is 0 Å². The van der Waals surface area contributed by atoms with Crippen LogP contribution in [0.25, 0.3) is 0 Å². The van der Waals surface area contributed by atoms with Gasteiger partial charge in [0.25, 0.3) is 0 Å². The number of piperidine rings is 1. The summed E-state index contributed by atoms with van der Waals surface area (Å²) in [5.41, 5.74) is 0. The average Bonchev–Trinajstić information content (AvgIpc) is 2.86. The number of hydrogen-bond donors (Lipinski definition) is 1. The summed E-state index contributed by atoms with van der Waals surface area (Å²) in [6, 6.07) is 0.713. The minimum absolute atomic E-state index is 0.427. The predicted molar refractivity (Wildman–Crippen MR) is 88.8 cm³/mol. The third-order valence-electron chi connectivity index (χ3n) is 4.83. The van der Waals surface area contributed by atoms with Gasteiger partial charge in [0.05, 0.1) is 12.2 Å². The van der Waals surface area contributed by atoms with Crippen molar-refractivity contribution in [2.75, 3.05) is 46.8 Å². The van der Waals surface area contributed by atoms with Crippen LogP contribution in [0.3, 0.4) is 0 Å². The Labute approximate surface area is 131 Å². The molecule has 0 aromatic heterocycles. The highest BCUT2D eigenvalue weighted by Crippen LogP contribution is 2.22. The number of likely N-dealkylation sites (N-methyl/N-ethyl adjacent to an activating group) is 2. The largest absolute Gasteiger partial charge is 0.372 e. The van der Waals surface area contributed by atoms with Gasteiger partial charge in [0.1, 0.15) is 0 Å². The molecule has 2 fully saturated rings. The van der Waals surface area contributed by atoms with E-state index in [0.717, 1.165) is 25.6 Å². The maximum atomic E-state index is 6.21. The fourth-order valence-electron chi connectivity index (χ4n) is 3.57. The minimum atomic E-state index is 0.427. The highest BCUT2D eigenvalue weighted by Gasteiger charge is 2.28. The molecule has 2 rings (SSSR count). The smallest absolute Gasteiger partial charge is 0.0707 e. The number of ether oxygens (including phenoxy) is 1. The van der Waals surface area contributed by atoms with Crippen molar-refractivity contribution in [2.45, 2.75) is 57.8 Å². The fourth-order valence-corrected chi connectivity index (χ4v) is 3.57. The van der Waals surface area contributed by atoms with E-state index in [9.17, 15) is 0 Å². The summed E-state index contributed by atoms with van der Waals surface area (Å²) in [6.45, 7) is 10.2. The van der Waals surface area contributed by atoms with Crippen LogP contribution >= 0.6 is 0 Å². The maximum Gasteiger partial charge on any atom is 0.0707 e. The molecule has 0 saturated carbocycles. The van der Waals surface area contributed by atoms with Crippen molar-refractivity contribution in [2.24, 2.45) is 5.92 Å². The van der Waals surface area contributed by atoms with Gasteiger partial charge >= 0.3 is 0 Å². The van der Waals surface area contributed by atoms with Crippen LogP contribution in [0.4, 0.5) is 0 Å². The molecule has 0 aromatic rings. The van der Waals surface area contributed by atoms with Crippen molar-refractivity contribution in [1.29, 1.82) is 0 Å². The molecule has 2 aliphatic rings. The lowest BCUT2D eigenvalue weighted by Gasteiger charge is -2.36. The molecule has 4 heteroatoms. The molecular formula is C17H35N3O. The fraction of sp³-hybridized carbons (Fsp3) is 1.00. The molecule has 0 amide bonds. The molecule has 0 aliphatic carbocycles. The van der Waals surface area contributed by atoms with E-state index in [1.165, 1.54) is 38.8 Å². The third-order valence-corrected chi connectivity index (χ3v) is 4.83. The summed E-state index contributed by atoms with van der Waals surface area (Å²) in [5, 5.41) is 3.52. The lowest BCUT2D eigenvalue weighted by molar-refractivity contribution is 0.0131. The van der Waals surface area contributed by atoms with Crippen molar-refractivity contribution in [1.82, 2.24) is 15.1 Å². The lowest BCUT2D eigenvalue weighted by atomic mass is 10.0. The zero-order chi connectivity index (χ0) is 15.2. The van der Waals surface area contributed by atoms with E-state index in [-0.39, 0.29) is 0 Å². The SMILES string of the molecule is CC(C)CNCC1CCC(CN(C)C2CCCN(C)C2)O1. The first-order valence-electron chi connectivity index (χ1n) is 8.79. The summed E-state index contributed by atoms with van der Waals surface area (Å²) in [5.74, 6) is 0.719. The summed E-state index contributed by atoms with van der Waals surface area (Å²) in [7, 11) is 4.51. The predicted octanol–water partition coefficient (Wildman–Crippen LogP) is 1.81. The Kier molecular flexibility index (Phi) is 6.93. The molecule has 4 nitrogen and oxygen atoms in total. The van der Waals surface area contributed by atoms with E-state index in [2.05, 4.69) is 43.1 Å². The lowest BCUT2D eigenvalue weighted by Crippen LogP contribution is -2.47. The molecule has 2 aliphatic heterocycles. The molecule has 0 radical (unpaired) electrons. The van der Waals surface area contributed by atoms with Gasteiger partial charge in [-0.3, -0.25) is 4.90 Å². The van der Waals surface area contributed by atoms with Gasteiger partial charge in [-0.1, -0.05) is 13.8 Å². The topological polar surface area (TPSA) is 27.7 Å². The Morgan fingerprint density at radius 1 is 1.24 bits per heavy atom. The number of nitrogens with one attached hydrogen (secondary N) is 1. The van der Waals surface area contributed by atoms with Crippen LogP contribution < -0.4 is 5.32 Å². The molecule has 21 heavy (non-hydrogen) atoms. The van der Waals surface area contributed by atoms with E-state index in [1.54, 1.807) is 0 Å². The van der Waals surface area contributed by atoms with Gasteiger partial charge in [-0.25, -0.2) is 0 Å². The van der Waals surface area contributed by atoms with Gasteiger partial charge in [-0.05, 0) is 58.8 Å². The first kappa shape index (κ1) is 17.2. The monoisotopic (exact) mass is 297 g/mol. The molecular weight excluding hydrogens is 262 g/mol. The molecule has 3 atom stereocenters. The highest BCUT2D eigenvalue weighted by atomic mass is 16.5. The quantitative estimate of drug-likeness (QED) is 0.775. The zero-order valence-electron chi connectivity index (χ0n) is 14.5. The Bertz CT molecular complexity index is 298. The molecule has 1 N–H and O–H groups in total. The summed E-state index contributed by atoms with van der Waals surface area (Å²) >= 11 is 0. The third kappa shape index (κ3) is 5.85. The highest BCUT2D eigenvalue weighted by molar-refractivity contribution is 4.82. The molecule has 0 bridgehead atoms. The van der Waals surface area contributed by atoms with Crippen LogP contribution in [-0.4, -0.2) is 74.9 Å². The van der Waals surface area contributed by atoms with Gasteiger partial charge in [-0.15, -0.1) is 0 Å². The second kappa shape index (κ2) is 8.47. The van der Waals surface area contributed by atoms with Crippen LogP contribution in [0, 0.1) is 5.92 Å². The van der Waals surface area contributed by atoms with Crippen molar-refractivity contribution < 1.29 is 4.74 Å². The Balaban J connectivity index is 1.65. The van der Waals surface area contributed by atoms with Gasteiger partial charge < -0.3 is 15.0 Å². The van der Waals surface area contributed by atoms with Crippen molar-refractivity contribution >= 4 is 0 Å². The van der Waals surface area contributed by atoms with E-state index in [4.69, 9.17) is 4.74 Å². The number of rotatable bonds is 7. The van der Waals surface area contributed by atoms with E-state index in [0.29, 0.717) is 18.2 Å². The van der Waals surface area contributed by atoms with Crippen LogP contribution in [0.2, 0.25) is 0 Å². The average molecular weight is 297 g/mol. The number of nitrogens with zero attached hydrogens (tertiary/aromatic N) is 2. The molecule has 0 spiro atoms. The van der Waals surface area contributed by atoms with Crippen molar-refractivity contribution in [3.8, 4) is 0 Å². The van der Waals surface area contributed by atoms with Crippen LogP contribution in [0.5, 0.6) is 0 Å². The Morgan fingerprint density at radius 2 is 2.00 bits per heavy atom. The van der Waals surface area contributed by atoms with Crippen molar-refractivity contribution in [3.05, 3.63) is 0 Å². The molecule has 2 heterocycles. The minimum Gasteiger partial charge on any atom is -0.372 e. The molecule has 124 valence electrons. The van der Waals surface area contributed by atoms with Gasteiger partial charge in [0, 0.05) is 25.7 Å². The Hall–Kier alpha value is -0.160. The zero-order valence-corrected chi connectivity index (χ0v) is 14.5. The molecule has 3 unspecified atom stereocenters. The van der Waals surface area contributed by atoms with Gasteiger partial charge in [0.2, 0.25) is 0 Å². The Morgan fingerprint density at radius 3 is 2.71 bits per heavy atom. The molecule has 2 saturated heterocycles. The van der Waals surface area contributed by atoms with E-state index < -0.39 is 0 Å². The van der Waals surface area contributed by atoms with E-state index >= 15 is 0 Å². The molecule has 0 aromatic carbocycles. The van der Waals surface area contributed by atoms with Crippen LogP contribution in [0.1, 0.15) is 39.5 Å². The second-order valence-electron chi connectivity index (χ2n) is 7.51. The van der Waals surface area contributed by atoms with Gasteiger partial charge in [0.15, 0.2) is 0 Å². The maximum absolute atomic E-state index is 6.21. The number of likely N-dealkylation sites (tertiary alicyclic amines) is 1. The number of hydrogen-bond acceptors (Lipinski definition) is 4. The second-order valence-corrected chi connectivity index (χ2v) is 7.51. The normalized spacial score (nSPS) is 31.4. The van der Waals surface area contributed by atoms with Crippen LogP contribution in [-0.2, 0) is 4.74 Å². The summed E-state index contributed by atoms with van der Waals surface area (Å²) in [6.07, 6.45) is 5.98. The van der Waals surface area contributed by atoms with Crippen molar-refractivity contribution in [3.63, 3.8) is 0 Å². The summed E-state index contributed by atoms with van der Waals surface area (Å²) in [4.78, 5) is 4.99.